The van der Waals surface area contributed by atoms with Crippen LogP contribution in [-0.4, -0.2) is 36.5 Å². The number of nitrogens with zero attached hydrogens (tertiary/aromatic N) is 1. The Balaban J connectivity index is 2.18. The number of nitrogens with one attached hydrogen (secondary N) is 1. The van der Waals surface area contributed by atoms with E-state index in [2.05, 4.69) is 4.98 Å². The zero-order chi connectivity index (χ0) is 12.5. The van der Waals surface area contributed by atoms with Crippen molar-refractivity contribution in [2.45, 2.75) is 19.4 Å². The van der Waals surface area contributed by atoms with Crippen LogP contribution in [0.5, 0.6) is 0 Å². The molecule has 0 spiro atoms. The molecule has 0 saturated carbocycles. The summed E-state index contributed by atoms with van der Waals surface area (Å²) in [6.07, 6.45) is 3.64. The molecule has 1 aromatic rings. The number of ether oxygens (including phenoxy) is 2. The predicted octanol–water partition coefficient (Wildman–Crippen LogP) is 1.35. The number of H-pyrrole nitrogens is 1. The summed E-state index contributed by atoms with van der Waals surface area (Å²) in [5.41, 5.74) is -0.158. The maximum atomic E-state index is 11.0. The molecule has 5 nitrogen and oxygen atoms in total. The molecule has 0 radical (unpaired) electrons. The Hall–Kier alpha value is -0.980. The first kappa shape index (κ1) is 14.1. The van der Waals surface area contributed by atoms with Crippen molar-refractivity contribution in [1.29, 1.82) is 0 Å². The second-order valence-electron chi connectivity index (χ2n) is 3.62. The number of aryl methyl sites for hydroxylation is 1. The van der Waals surface area contributed by atoms with E-state index in [0.29, 0.717) is 18.0 Å². The highest BCUT2D eigenvalue weighted by Crippen LogP contribution is 1.96. The van der Waals surface area contributed by atoms with Gasteiger partial charge >= 0.3 is 0 Å². The van der Waals surface area contributed by atoms with Crippen LogP contribution in [0, 0.1) is 4.77 Å². The summed E-state index contributed by atoms with van der Waals surface area (Å²) in [6, 6.07) is 1.48. The van der Waals surface area contributed by atoms with E-state index in [0.717, 1.165) is 26.0 Å². The summed E-state index contributed by atoms with van der Waals surface area (Å²) >= 11 is 5.03. The smallest absolute Gasteiger partial charge is 0.251 e. The first-order valence-corrected chi connectivity index (χ1v) is 6.01. The van der Waals surface area contributed by atoms with Crippen LogP contribution in [0.15, 0.2) is 17.1 Å². The van der Waals surface area contributed by atoms with Crippen LogP contribution < -0.4 is 5.56 Å². The molecule has 0 aliphatic rings. The molecular weight excluding hydrogens is 240 g/mol. The summed E-state index contributed by atoms with van der Waals surface area (Å²) in [7, 11) is 1.65. The summed E-state index contributed by atoms with van der Waals surface area (Å²) in [6.45, 7) is 2.78. The highest BCUT2D eigenvalue weighted by molar-refractivity contribution is 7.71. The standard InChI is InChI=1S/C11H18N2O3S/c1-15-8-9-16-7-3-2-5-13-6-4-10(14)12-11(13)17/h4,6H,2-3,5,7-9H2,1H3,(H,12,14,17). The average molecular weight is 258 g/mol. The maximum absolute atomic E-state index is 11.0. The summed E-state index contributed by atoms with van der Waals surface area (Å²) in [5.74, 6) is 0. The molecule has 0 saturated heterocycles. The second kappa shape index (κ2) is 8.16. The van der Waals surface area contributed by atoms with E-state index in [1.165, 1.54) is 6.07 Å². The van der Waals surface area contributed by atoms with Gasteiger partial charge in [0.15, 0.2) is 4.77 Å². The Morgan fingerprint density at radius 2 is 2.18 bits per heavy atom. The molecule has 0 aromatic carbocycles. The molecule has 6 heteroatoms. The van der Waals surface area contributed by atoms with Gasteiger partial charge in [0.1, 0.15) is 0 Å². The molecule has 0 atom stereocenters. The van der Waals surface area contributed by atoms with Crippen LogP contribution in [0.1, 0.15) is 12.8 Å². The summed E-state index contributed by atoms with van der Waals surface area (Å²) in [5, 5.41) is 0. The Morgan fingerprint density at radius 1 is 1.35 bits per heavy atom. The third kappa shape index (κ3) is 5.76. The Bertz CT molecular complexity index is 427. The Labute approximate surface area is 105 Å². The quantitative estimate of drug-likeness (QED) is 0.565. The normalized spacial score (nSPS) is 10.6. The zero-order valence-electron chi connectivity index (χ0n) is 9.98. The molecule has 96 valence electrons. The highest BCUT2D eigenvalue weighted by Gasteiger charge is 1.94. The van der Waals surface area contributed by atoms with Crippen molar-refractivity contribution in [3.05, 3.63) is 27.4 Å². The first-order valence-electron chi connectivity index (χ1n) is 5.60. The molecule has 1 rings (SSSR count). The van der Waals surface area contributed by atoms with Gasteiger partial charge in [0.25, 0.3) is 5.56 Å². The van der Waals surface area contributed by atoms with Gasteiger partial charge < -0.3 is 14.0 Å². The van der Waals surface area contributed by atoms with Gasteiger partial charge in [-0.05, 0) is 25.1 Å². The Kier molecular flexibility index (Phi) is 6.76. The second-order valence-corrected chi connectivity index (χ2v) is 4.00. The monoisotopic (exact) mass is 258 g/mol. The maximum Gasteiger partial charge on any atom is 0.251 e. The van der Waals surface area contributed by atoms with Gasteiger partial charge in [-0.1, -0.05) is 0 Å². The van der Waals surface area contributed by atoms with Crippen molar-refractivity contribution in [3.63, 3.8) is 0 Å². The van der Waals surface area contributed by atoms with Crippen molar-refractivity contribution < 1.29 is 9.47 Å². The number of hydrogen-bond acceptors (Lipinski definition) is 4. The van der Waals surface area contributed by atoms with Gasteiger partial charge in [-0.2, -0.15) is 0 Å². The molecule has 1 N–H and O–H groups in total. The lowest BCUT2D eigenvalue weighted by Crippen LogP contribution is -2.11. The molecule has 0 fully saturated rings. The minimum atomic E-state index is -0.158. The van der Waals surface area contributed by atoms with Crippen molar-refractivity contribution >= 4 is 12.2 Å². The van der Waals surface area contributed by atoms with E-state index in [1.54, 1.807) is 13.3 Å². The lowest BCUT2D eigenvalue weighted by molar-refractivity contribution is 0.0684. The van der Waals surface area contributed by atoms with E-state index in [-0.39, 0.29) is 5.56 Å². The molecule has 1 aromatic heterocycles. The van der Waals surface area contributed by atoms with E-state index in [9.17, 15) is 4.79 Å². The molecule has 0 aliphatic carbocycles. The van der Waals surface area contributed by atoms with Crippen molar-refractivity contribution in [2.24, 2.45) is 0 Å². The van der Waals surface area contributed by atoms with E-state index in [1.807, 2.05) is 4.57 Å². The number of aromatic nitrogens is 2. The first-order chi connectivity index (χ1) is 8.24. The van der Waals surface area contributed by atoms with Gasteiger partial charge in [0.05, 0.1) is 13.2 Å². The van der Waals surface area contributed by atoms with Crippen LogP contribution in [0.25, 0.3) is 0 Å². The fourth-order valence-electron chi connectivity index (χ4n) is 1.35. The van der Waals surface area contributed by atoms with Crippen LogP contribution in [0.2, 0.25) is 0 Å². The number of methoxy groups -OCH3 is 1. The van der Waals surface area contributed by atoms with E-state index < -0.39 is 0 Å². The van der Waals surface area contributed by atoms with Crippen LogP contribution >= 0.6 is 12.2 Å². The number of hydrogen-bond donors (Lipinski definition) is 1. The third-order valence-electron chi connectivity index (χ3n) is 2.27. The number of rotatable bonds is 8. The van der Waals surface area contributed by atoms with Crippen molar-refractivity contribution in [2.75, 3.05) is 26.9 Å². The zero-order valence-corrected chi connectivity index (χ0v) is 10.8. The molecule has 0 unspecified atom stereocenters. The minimum Gasteiger partial charge on any atom is -0.382 e. The largest absolute Gasteiger partial charge is 0.382 e. The molecule has 0 amide bonds. The van der Waals surface area contributed by atoms with Gasteiger partial charge in [0, 0.05) is 32.5 Å². The topological polar surface area (TPSA) is 56.2 Å². The number of aromatic amines is 1. The van der Waals surface area contributed by atoms with Gasteiger partial charge in [0.2, 0.25) is 0 Å². The molecule has 17 heavy (non-hydrogen) atoms. The summed E-state index contributed by atoms with van der Waals surface area (Å²) < 4.78 is 12.5. The lowest BCUT2D eigenvalue weighted by atomic mass is 10.3. The minimum absolute atomic E-state index is 0.158. The molecule has 1 heterocycles. The fourth-order valence-corrected chi connectivity index (χ4v) is 1.60. The summed E-state index contributed by atoms with van der Waals surface area (Å²) in [4.78, 5) is 13.5. The molecule has 0 bridgehead atoms. The lowest BCUT2D eigenvalue weighted by Gasteiger charge is -2.06. The van der Waals surface area contributed by atoms with Crippen molar-refractivity contribution in [3.8, 4) is 0 Å². The van der Waals surface area contributed by atoms with E-state index in [4.69, 9.17) is 21.7 Å². The molecular formula is C11H18N2O3S. The van der Waals surface area contributed by atoms with Crippen LogP contribution in [0.3, 0.4) is 0 Å². The Morgan fingerprint density at radius 3 is 2.88 bits per heavy atom. The van der Waals surface area contributed by atoms with Crippen LogP contribution in [0.4, 0.5) is 0 Å². The number of unbranched alkanes of at least 4 members (excludes halogenated alkanes) is 1. The highest BCUT2D eigenvalue weighted by atomic mass is 32.1. The average Bonchev–Trinajstić information content (AvgIpc) is 2.30. The van der Waals surface area contributed by atoms with Crippen LogP contribution in [-0.2, 0) is 16.0 Å². The SMILES string of the molecule is COCCOCCCCn1ccc(=O)[nH]c1=S. The van der Waals surface area contributed by atoms with Gasteiger partial charge in [-0.25, -0.2) is 0 Å². The third-order valence-corrected chi connectivity index (χ3v) is 2.60. The fraction of sp³-hybridized carbons (Fsp3) is 0.636. The predicted molar refractivity (Wildman–Crippen MR) is 67.8 cm³/mol. The van der Waals surface area contributed by atoms with Gasteiger partial charge in [-0.15, -0.1) is 0 Å². The van der Waals surface area contributed by atoms with Crippen molar-refractivity contribution in [1.82, 2.24) is 9.55 Å². The van der Waals surface area contributed by atoms with Gasteiger partial charge in [-0.3, -0.25) is 9.78 Å². The van der Waals surface area contributed by atoms with E-state index >= 15 is 0 Å². The molecule has 0 aliphatic heterocycles.